The lowest BCUT2D eigenvalue weighted by atomic mass is 10.1. The third-order valence-corrected chi connectivity index (χ3v) is 6.42. The molecule has 0 amide bonds. The Hall–Kier alpha value is -2.40. The summed E-state index contributed by atoms with van der Waals surface area (Å²) in [5.74, 6) is 1.48. The van der Waals surface area contributed by atoms with E-state index in [1.54, 1.807) is 6.07 Å². The van der Waals surface area contributed by atoms with Gasteiger partial charge in [0.05, 0.1) is 23.0 Å². The average molecular weight is 467 g/mol. The zero-order valence-corrected chi connectivity index (χ0v) is 18.8. The molecule has 172 valence electrons. The number of halogens is 3. The zero-order chi connectivity index (χ0) is 22.7. The number of hydrogen-bond acceptors (Lipinski definition) is 7. The number of hydrogen-bond donors (Lipinski definition) is 0. The van der Waals surface area contributed by atoms with Crippen molar-refractivity contribution < 1.29 is 17.7 Å². The van der Waals surface area contributed by atoms with Crippen LogP contribution in [0.4, 0.5) is 13.2 Å². The van der Waals surface area contributed by atoms with Crippen LogP contribution in [0.5, 0.6) is 0 Å². The molecule has 1 saturated heterocycles. The standard InChI is InChI=1S/C21H25F3N6OS/c1-3-17-25-19(31-28-17)14(2)32-20-27-26-18(13-29-11-7-4-8-12-29)30(20)16-10-6-5-9-15(16)21(22,23)24/h5-6,9-10,14H,3-4,7-8,11-13H2,1-2H3. The van der Waals surface area contributed by atoms with E-state index < -0.39 is 11.7 Å². The minimum absolute atomic E-state index is 0.0199. The maximum atomic E-state index is 13.8. The number of nitrogens with zero attached hydrogens (tertiary/aromatic N) is 6. The van der Waals surface area contributed by atoms with Crippen LogP contribution in [-0.4, -0.2) is 42.9 Å². The Morgan fingerprint density at radius 3 is 2.56 bits per heavy atom. The molecule has 11 heteroatoms. The van der Waals surface area contributed by atoms with Crippen LogP contribution in [-0.2, 0) is 19.1 Å². The van der Waals surface area contributed by atoms with E-state index in [0.717, 1.165) is 32.0 Å². The third kappa shape index (κ3) is 4.98. The molecule has 32 heavy (non-hydrogen) atoms. The normalized spacial score (nSPS) is 16.4. The molecule has 1 unspecified atom stereocenters. The second-order valence-corrected chi connectivity index (χ2v) is 9.06. The molecule has 3 heterocycles. The number of aryl methyl sites for hydroxylation is 1. The van der Waals surface area contributed by atoms with Gasteiger partial charge in [-0.2, -0.15) is 18.2 Å². The number of rotatable bonds is 7. The van der Waals surface area contributed by atoms with Gasteiger partial charge in [0.1, 0.15) is 0 Å². The van der Waals surface area contributed by atoms with Crippen LogP contribution in [0.25, 0.3) is 5.69 Å². The number of alkyl halides is 3. The van der Waals surface area contributed by atoms with Gasteiger partial charge in [-0.25, -0.2) is 0 Å². The first-order chi connectivity index (χ1) is 15.4. The topological polar surface area (TPSA) is 72.9 Å². The number of thioether (sulfide) groups is 1. The van der Waals surface area contributed by atoms with Crippen LogP contribution in [0.15, 0.2) is 33.9 Å². The van der Waals surface area contributed by atoms with Gasteiger partial charge in [-0.1, -0.05) is 42.4 Å². The highest BCUT2D eigenvalue weighted by atomic mass is 32.2. The molecule has 0 spiro atoms. The van der Waals surface area contributed by atoms with Gasteiger partial charge < -0.3 is 4.52 Å². The van der Waals surface area contributed by atoms with Crippen LogP contribution in [0.1, 0.15) is 61.5 Å². The minimum atomic E-state index is -4.50. The van der Waals surface area contributed by atoms with Crippen LogP contribution in [0.3, 0.4) is 0 Å². The van der Waals surface area contributed by atoms with Crippen molar-refractivity contribution in [2.24, 2.45) is 0 Å². The zero-order valence-electron chi connectivity index (χ0n) is 18.0. The van der Waals surface area contributed by atoms with E-state index in [2.05, 4.69) is 25.2 Å². The highest BCUT2D eigenvalue weighted by Gasteiger charge is 2.35. The van der Waals surface area contributed by atoms with Crippen molar-refractivity contribution in [2.45, 2.75) is 62.7 Å². The summed E-state index contributed by atoms with van der Waals surface area (Å²) in [5.41, 5.74) is -0.702. The lowest BCUT2D eigenvalue weighted by Gasteiger charge is -2.26. The smallest absolute Gasteiger partial charge is 0.338 e. The second-order valence-electron chi connectivity index (χ2n) is 7.75. The molecule has 0 radical (unpaired) electrons. The molecule has 0 N–H and O–H groups in total. The number of piperidine rings is 1. The van der Waals surface area contributed by atoms with E-state index in [9.17, 15) is 13.2 Å². The molecule has 1 aromatic carbocycles. The number of aromatic nitrogens is 5. The van der Waals surface area contributed by atoms with Gasteiger partial charge in [0, 0.05) is 6.42 Å². The molecule has 0 saturated carbocycles. The molecule has 7 nitrogen and oxygen atoms in total. The average Bonchev–Trinajstić information content (AvgIpc) is 3.41. The predicted molar refractivity (Wildman–Crippen MR) is 113 cm³/mol. The van der Waals surface area contributed by atoms with Crippen molar-refractivity contribution in [1.29, 1.82) is 0 Å². The summed E-state index contributed by atoms with van der Waals surface area (Å²) in [6.45, 7) is 6.01. The molecular weight excluding hydrogens is 441 g/mol. The van der Waals surface area contributed by atoms with E-state index in [1.165, 1.54) is 34.9 Å². The maximum Gasteiger partial charge on any atom is 0.418 e. The van der Waals surface area contributed by atoms with Crippen LogP contribution in [0.2, 0.25) is 0 Å². The quantitative estimate of drug-likeness (QED) is 0.450. The molecule has 4 rings (SSSR count). The van der Waals surface area contributed by atoms with Crippen molar-refractivity contribution in [3.05, 3.63) is 47.4 Å². The Balaban J connectivity index is 1.72. The summed E-state index contributed by atoms with van der Waals surface area (Å²) >= 11 is 1.25. The third-order valence-electron chi connectivity index (χ3n) is 5.39. The van der Waals surface area contributed by atoms with Crippen molar-refractivity contribution in [3.8, 4) is 5.69 Å². The van der Waals surface area contributed by atoms with Gasteiger partial charge in [-0.15, -0.1) is 10.2 Å². The largest absolute Gasteiger partial charge is 0.418 e. The predicted octanol–water partition coefficient (Wildman–Crippen LogP) is 5.07. The van der Waals surface area contributed by atoms with Crippen molar-refractivity contribution in [3.63, 3.8) is 0 Å². The fraction of sp³-hybridized carbons (Fsp3) is 0.524. The van der Waals surface area contributed by atoms with Gasteiger partial charge in [0.25, 0.3) is 0 Å². The van der Waals surface area contributed by atoms with E-state index in [4.69, 9.17) is 4.52 Å². The number of likely N-dealkylation sites (tertiary alicyclic amines) is 1. The molecule has 0 aliphatic carbocycles. The Labute approximate surface area is 188 Å². The van der Waals surface area contributed by atoms with Gasteiger partial charge >= 0.3 is 6.18 Å². The van der Waals surface area contributed by atoms with Gasteiger partial charge in [-0.3, -0.25) is 9.47 Å². The summed E-state index contributed by atoms with van der Waals surface area (Å²) in [7, 11) is 0. The second kappa shape index (κ2) is 9.62. The fourth-order valence-corrected chi connectivity index (χ4v) is 4.64. The van der Waals surface area contributed by atoms with E-state index in [0.29, 0.717) is 35.7 Å². The Morgan fingerprint density at radius 1 is 1.12 bits per heavy atom. The summed E-state index contributed by atoms with van der Waals surface area (Å²) in [4.78, 5) is 6.55. The molecule has 1 atom stereocenters. The lowest BCUT2D eigenvalue weighted by Crippen LogP contribution is -2.30. The summed E-state index contributed by atoms with van der Waals surface area (Å²) in [5, 5.41) is 12.5. The highest BCUT2D eigenvalue weighted by molar-refractivity contribution is 7.99. The summed E-state index contributed by atoms with van der Waals surface area (Å²) < 4.78 is 48.3. The lowest BCUT2D eigenvalue weighted by molar-refractivity contribution is -0.137. The van der Waals surface area contributed by atoms with Crippen molar-refractivity contribution in [1.82, 2.24) is 29.8 Å². The number of para-hydroxylation sites is 1. The molecule has 3 aromatic rings. The first-order valence-electron chi connectivity index (χ1n) is 10.7. The Morgan fingerprint density at radius 2 is 1.88 bits per heavy atom. The van der Waals surface area contributed by atoms with E-state index in [1.807, 2.05) is 13.8 Å². The van der Waals surface area contributed by atoms with Crippen LogP contribution < -0.4 is 0 Å². The minimum Gasteiger partial charge on any atom is -0.338 e. The first-order valence-corrected chi connectivity index (χ1v) is 11.6. The van der Waals surface area contributed by atoms with Gasteiger partial charge in [0.2, 0.25) is 5.89 Å². The SMILES string of the molecule is CCc1noc(C(C)Sc2nnc(CN3CCCCC3)n2-c2ccccc2C(F)(F)F)n1. The van der Waals surface area contributed by atoms with Crippen LogP contribution >= 0.6 is 11.8 Å². The highest BCUT2D eigenvalue weighted by Crippen LogP contribution is 2.39. The van der Waals surface area contributed by atoms with Crippen molar-refractivity contribution >= 4 is 11.8 Å². The van der Waals surface area contributed by atoms with Crippen LogP contribution in [0, 0.1) is 0 Å². The molecule has 0 bridgehead atoms. The Bertz CT molecular complexity index is 1040. The molecular formula is C21H25F3N6OS. The molecule has 1 aliphatic heterocycles. The Kier molecular flexibility index (Phi) is 6.85. The van der Waals surface area contributed by atoms with E-state index in [-0.39, 0.29) is 10.9 Å². The van der Waals surface area contributed by atoms with E-state index >= 15 is 0 Å². The molecule has 1 fully saturated rings. The van der Waals surface area contributed by atoms with Gasteiger partial charge in [-0.05, 0) is 45.0 Å². The first kappa shape index (κ1) is 22.8. The molecule has 1 aliphatic rings. The summed E-state index contributed by atoms with van der Waals surface area (Å²) in [6, 6.07) is 5.53. The maximum absolute atomic E-state index is 13.8. The molecule has 2 aromatic heterocycles. The monoisotopic (exact) mass is 466 g/mol. The summed E-state index contributed by atoms with van der Waals surface area (Å²) in [6.07, 6.45) is -0.552. The number of benzene rings is 1. The van der Waals surface area contributed by atoms with Crippen molar-refractivity contribution in [2.75, 3.05) is 13.1 Å². The van der Waals surface area contributed by atoms with Gasteiger partial charge in [0.15, 0.2) is 16.8 Å². The fourth-order valence-electron chi connectivity index (χ4n) is 3.73.